The summed E-state index contributed by atoms with van der Waals surface area (Å²) in [6.07, 6.45) is 2.24. The zero-order chi connectivity index (χ0) is 29.5. The molecule has 1 amide bonds. The summed E-state index contributed by atoms with van der Waals surface area (Å²) in [5, 5.41) is 14.3. The minimum absolute atomic E-state index is 0.0847. The second-order valence-electron chi connectivity index (χ2n) is 11.4. The molecule has 6 rings (SSSR count). The molecule has 3 aromatic rings. The van der Waals surface area contributed by atoms with Crippen molar-refractivity contribution in [3.63, 3.8) is 0 Å². The van der Waals surface area contributed by atoms with Crippen LogP contribution < -0.4 is 10.9 Å². The van der Waals surface area contributed by atoms with Crippen LogP contribution in [0.2, 0.25) is 0 Å². The number of rotatable bonds is 8. The Hall–Kier alpha value is -3.31. The quantitative estimate of drug-likeness (QED) is 0.331. The van der Waals surface area contributed by atoms with E-state index in [1.54, 1.807) is 45.5 Å². The average Bonchev–Trinajstić information content (AvgIpc) is 2.92. The molecule has 11 heteroatoms. The number of aromatic hydroxyl groups is 1. The summed E-state index contributed by atoms with van der Waals surface area (Å²) in [6, 6.07) is 11.8. The Labute approximate surface area is 246 Å². The number of benzene rings is 2. The Kier molecular flexibility index (Phi) is 7.82. The first-order chi connectivity index (χ1) is 20.1. The summed E-state index contributed by atoms with van der Waals surface area (Å²) in [6.45, 7) is 1.03. The molecular formula is C31H33F3N4O3S. The predicted octanol–water partition coefficient (Wildman–Crippen LogP) is 5.55. The van der Waals surface area contributed by atoms with E-state index in [-0.39, 0.29) is 30.2 Å². The Morgan fingerprint density at radius 3 is 2.38 bits per heavy atom. The Morgan fingerprint density at radius 1 is 1.07 bits per heavy atom. The lowest BCUT2D eigenvalue weighted by molar-refractivity contribution is -0.137. The van der Waals surface area contributed by atoms with Crippen LogP contribution >= 0.6 is 11.8 Å². The van der Waals surface area contributed by atoms with Gasteiger partial charge < -0.3 is 15.3 Å². The maximum absolute atomic E-state index is 13.8. The van der Waals surface area contributed by atoms with Crippen LogP contribution in [0.4, 0.5) is 13.2 Å². The van der Waals surface area contributed by atoms with Crippen LogP contribution in [-0.2, 0) is 29.5 Å². The van der Waals surface area contributed by atoms with E-state index in [2.05, 4.69) is 5.32 Å². The van der Waals surface area contributed by atoms with Crippen molar-refractivity contribution in [2.45, 2.75) is 80.0 Å². The van der Waals surface area contributed by atoms with Crippen LogP contribution in [0, 0.1) is 0 Å². The maximum Gasteiger partial charge on any atom is 0.416 e. The van der Waals surface area contributed by atoms with Crippen LogP contribution in [-0.4, -0.2) is 43.8 Å². The number of carbonyl (C=O) groups excluding carboxylic acids is 1. The first-order valence-electron chi connectivity index (χ1n) is 14.4. The number of aromatic nitrogens is 2. The zero-order valence-corrected chi connectivity index (χ0v) is 23.9. The molecular weight excluding hydrogens is 565 g/mol. The molecule has 2 heterocycles. The largest absolute Gasteiger partial charge is 0.508 e. The molecule has 222 valence electrons. The standard InChI is InChI=1S/C31H33F3N4O3S/c32-31(33,34)21-7-5-20(6-8-21)30(15-2-16-30)35-17-13-27(40)37-18-14-26-25(19-37)28(41)38(22-9-11-23(39)12-10-22)29(36-26)42-24-3-1-4-24/h5-12,24,35,39H,1-4,13-19H2. The van der Waals surface area contributed by atoms with Crippen LogP contribution in [0.1, 0.15) is 67.3 Å². The maximum atomic E-state index is 13.8. The fraction of sp³-hybridized carbons (Fsp3) is 0.452. The van der Waals surface area contributed by atoms with Gasteiger partial charge in [-0.15, -0.1) is 0 Å². The normalized spacial score (nSPS) is 18.2. The van der Waals surface area contributed by atoms with Crippen LogP contribution in [0.5, 0.6) is 5.75 Å². The highest BCUT2D eigenvalue weighted by Crippen LogP contribution is 2.42. The molecule has 2 fully saturated rings. The molecule has 1 aliphatic heterocycles. The highest BCUT2D eigenvalue weighted by molar-refractivity contribution is 7.99. The number of nitrogens with one attached hydrogen (secondary N) is 1. The van der Waals surface area contributed by atoms with E-state index in [1.165, 1.54) is 18.6 Å². The average molecular weight is 599 g/mol. The molecule has 0 saturated heterocycles. The van der Waals surface area contributed by atoms with Crippen molar-refractivity contribution in [3.05, 3.63) is 81.3 Å². The number of fused-ring (bicyclic) bond motifs is 1. The van der Waals surface area contributed by atoms with Crippen molar-refractivity contribution in [1.29, 1.82) is 0 Å². The molecule has 3 aliphatic rings. The minimum Gasteiger partial charge on any atom is -0.508 e. The lowest BCUT2D eigenvalue weighted by Crippen LogP contribution is -2.49. The van der Waals surface area contributed by atoms with E-state index in [0.717, 1.165) is 55.5 Å². The van der Waals surface area contributed by atoms with Crippen molar-refractivity contribution >= 4 is 17.7 Å². The molecule has 0 bridgehead atoms. The van der Waals surface area contributed by atoms with Gasteiger partial charge in [0.2, 0.25) is 5.91 Å². The summed E-state index contributed by atoms with van der Waals surface area (Å²) in [4.78, 5) is 33.7. The van der Waals surface area contributed by atoms with Gasteiger partial charge in [0, 0.05) is 36.7 Å². The van der Waals surface area contributed by atoms with Gasteiger partial charge in [-0.05, 0) is 74.1 Å². The zero-order valence-electron chi connectivity index (χ0n) is 23.1. The number of hydrogen-bond donors (Lipinski definition) is 2. The number of halogens is 3. The highest BCUT2D eigenvalue weighted by atomic mass is 32.2. The van der Waals surface area contributed by atoms with Gasteiger partial charge in [0.25, 0.3) is 5.56 Å². The third-order valence-corrected chi connectivity index (χ3v) is 10.0. The number of phenolic OH excluding ortho intramolecular Hbond substituents is 1. The molecule has 2 aromatic carbocycles. The molecule has 0 radical (unpaired) electrons. The predicted molar refractivity (Wildman–Crippen MR) is 154 cm³/mol. The summed E-state index contributed by atoms with van der Waals surface area (Å²) >= 11 is 1.62. The topological polar surface area (TPSA) is 87.5 Å². The van der Waals surface area contributed by atoms with Crippen LogP contribution in [0.15, 0.2) is 58.5 Å². The van der Waals surface area contributed by atoms with Gasteiger partial charge in [-0.25, -0.2) is 4.98 Å². The van der Waals surface area contributed by atoms with Crippen molar-refractivity contribution in [3.8, 4) is 11.4 Å². The lowest BCUT2D eigenvalue weighted by atomic mass is 9.71. The highest BCUT2D eigenvalue weighted by Gasteiger charge is 2.39. The Balaban J connectivity index is 1.15. The molecule has 7 nitrogen and oxygen atoms in total. The van der Waals surface area contributed by atoms with E-state index in [4.69, 9.17) is 4.98 Å². The van der Waals surface area contributed by atoms with Crippen LogP contribution in [0.25, 0.3) is 5.69 Å². The number of carbonyl (C=O) groups is 1. The van der Waals surface area contributed by atoms with Gasteiger partial charge in [0.1, 0.15) is 5.75 Å². The molecule has 42 heavy (non-hydrogen) atoms. The van der Waals surface area contributed by atoms with E-state index in [1.807, 2.05) is 0 Å². The van der Waals surface area contributed by atoms with Gasteiger partial charge in [-0.3, -0.25) is 14.2 Å². The van der Waals surface area contributed by atoms with E-state index >= 15 is 0 Å². The lowest BCUT2D eigenvalue weighted by Gasteiger charge is -2.43. The fourth-order valence-corrected chi connectivity index (χ4v) is 7.18. The SMILES string of the molecule is O=C(CCNC1(c2ccc(C(F)(F)F)cc2)CCC1)N1CCc2nc(SC3CCC3)n(-c3ccc(O)cc3)c(=O)c2C1. The van der Waals surface area contributed by atoms with Crippen molar-refractivity contribution in [2.24, 2.45) is 0 Å². The van der Waals surface area contributed by atoms with Crippen LogP contribution in [0.3, 0.4) is 0 Å². The monoisotopic (exact) mass is 598 g/mol. The molecule has 0 unspecified atom stereocenters. The van der Waals surface area contributed by atoms with Crippen molar-refractivity contribution < 1.29 is 23.1 Å². The van der Waals surface area contributed by atoms with E-state index in [9.17, 15) is 27.9 Å². The molecule has 0 spiro atoms. The van der Waals surface area contributed by atoms with Gasteiger partial charge in [-0.2, -0.15) is 13.2 Å². The Morgan fingerprint density at radius 2 is 1.79 bits per heavy atom. The van der Waals surface area contributed by atoms with E-state index < -0.39 is 17.3 Å². The number of hydrogen-bond acceptors (Lipinski definition) is 6. The number of alkyl halides is 3. The van der Waals surface area contributed by atoms with Gasteiger partial charge in [0.05, 0.1) is 29.1 Å². The summed E-state index contributed by atoms with van der Waals surface area (Å²) < 4.78 is 40.6. The third kappa shape index (κ3) is 5.68. The van der Waals surface area contributed by atoms with Gasteiger partial charge in [-0.1, -0.05) is 30.3 Å². The molecule has 0 atom stereocenters. The first-order valence-corrected chi connectivity index (χ1v) is 15.3. The third-order valence-electron chi connectivity index (χ3n) is 8.76. The number of nitrogens with zero attached hydrogens (tertiary/aromatic N) is 3. The number of phenols is 1. The number of thioether (sulfide) groups is 1. The van der Waals surface area contributed by atoms with Gasteiger partial charge >= 0.3 is 6.18 Å². The van der Waals surface area contributed by atoms with E-state index in [0.29, 0.717) is 41.2 Å². The second-order valence-corrected chi connectivity index (χ2v) is 12.7. The molecule has 2 N–H and O–H groups in total. The van der Waals surface area contributed by atoms with Gasteiger partial charge in [0.15, 0.2) is 5.16 Å². The molecule has 2 saturated carbocycles. The molecule has 1 aromatic heterocycles. The fourth-order valence-electron chi connectivity index (χ4n) is 5.86. The summed E-state index contributed by atoms with van der Waals surface area (Å²) in [7, 11) is 0. The van der Waals surface area contributed by atoms with Crippen molar-refractivity contribution in [1.82, 2.24) is 19.8 Å². The van der Waals surface area contributed by atoms with Crippen molar-refractivity contribution in [2.75, 3.05) is 13.1 Å². The Bertz CT molecular complexity index is 1510. The summed E-state index contributed by atoms with van der Waals surface area (Å²) in [5.41, 5.74) is 1.38. The minimum atomic E-state index is -4.38. The smallest absolute Gasteiger partial charge is 0.416 e. The first kappa shape index (κ1) is 28.8. The molecule has 2 aliphatic carbocycles. The number of amides is 1. The summed E-state index contributed by atoms with van der Waals surface area (Å²) in [5.74, 6) is 0.0249. The second kappa shape index (κ2) is 11.4.